The average Bonchev–Trinajstić information content (AvgIpc) is 2.48. The number of rotatable bonds is 6. The normalized spacial score (nSPS) is 11.8. The predicted octanol–water partition coefficient (Wildman–Crippen LogP) is 2.83. The van der Waals surface area contributed by atoms with Crippen molar-refractivity contribution in [3.8, 4) is 5.75 Å². The van der Waals surface area contributed by atoms with Gasteiger partial charge in [0.15, 0.2) is 5.78 Å². The molecule has 0 N–H and O–H groups in total. The SMILES string of the molecule is COc1cccc(C(=O)CS(=O)Cc2ccccc2)c1. The summed E-state index contributed by atoms with van der Waals surface area (Å²) in [6.07, 6.45) is 0. The molecule has 0 aliphatic carbocycles. The molecule has 0 saturated heterocycles. The molecule has 0 aliphatic heterocycles. The van der Waals surface area contributed by atoms with Crippen molar-refractivity contribution in [2.75, 3.05) is 12.9 Å². The summed E-state index contributed by atoms with van der Waals surface area (Å²) in [6, 6.07) is 16.4. The smallest absolute Gasteiger partial charge is 0.175 e. The minimum absolute atomic E-state index is 0.0298. The minimum atomic E-state index is -1.20. The van der Waals surface area contributed by atoms with Gasteiger partial charge < -0.3 is 4.74 Å². The Morgan fingerprint density at radius 3 is 2.55 bits per heavy atom. The molecule has 2 aromatic carbocycles. The molecular weight excluding hydrogens is 272 g/mol. The zero-order valence-corrected chi connectivity index (χ0v) is 12.1. The predicted molar refractivity (Wildman–Crippen MR) is 80.5 cm³/mol. The largest absolute Gasteiger partial charge is 0.497 e. The summed E-state index contributed by atoms with van der Waals surface area (Å²) in [4.78, 5) is 12.1. The maximum atomic E-state index is 12.1. The summed E-state index contributed by atoms with van der Waals surface area (Å²) in [7, 11) is 0.352. The third kappa shape index (κ3) is 4.03. The first-order chi connectivity index (χ1) is 9.69. The van der Waals surface area contributed by atoms with Gasteiger partial charge in [-0.1, -0.05) is 42.5 Å². The van der Waals surface area contributed by atoms with Gasteiger partial charge in [-0.25, -0.2) is 0 Å². The molecule has 104 valence electrons. The Morgan fingerprint density at radius 2 is 1.85 bits per heavy atom. The molecule has 1 atom stereocenters. The van der Waals surface area contributed by atoms with Crippen LogP contribution in [0.15, 0.2) is 54.6 Å². The summed E-state index contributed by atoms with van der Waals surface area (Å²) < 4.78 is 17.1. The zero-order valence-electron chi connectivity index (χ0n) is 11.2. The van der Waals surface area contributed by atoms with Crippen molar-refractivity contribution in [3.05, 3.63) is 65.7 Å². The number of carbonyl (C=O) groups is 1. The highest BCUT2D eigenvalue weighted by Crippen LogP contribution is 2.14. The summed E-state index contributed by atoms with van der Waals surface area (Å²) in [6.45, 7) is 0. The Hall–Kier alpha value is -1.94. The van der Waals surface area contributed by atoms with Crippen LogP contribution in [0, 0.1) is 0 Å². The van der Waals surface area contributed by atoms with Crippen LogP contribution in [0.3, 0.4) is 0 Å². The maximum absolute atomic E-state index is 12.1. The van der Waals surface area contributed by atoms with Crippen LogP contribution in [-0.4, -0.2) is 22.9 Å². The van der Waals surface area contributed by atoms with E-state index in [0.717, 1.165) is 5.56 Å². The van der Waals surface area contributed by atoms with Crippen molar-refractivity contribution in [2.45, 2.75) is 5.75 Å². The third-order valence-corrected chi connectivity index (χ3v) is 4.09. The van der Waals surface area contributed by atoms with Crippen LogP contribution in [0.5, 0.6) is 5.75 Å². The second-order valence-corrected chi connectivity index (χ2v) is 5.83. The molecule has 0 bridgehead atoms. The van der Waals surface area contributed by atoms with Crippen LogP contribution in [0.4, 0.5) is 0 Å². The highest BCUT2D eigenvalue weighted by molar-refractivity contribution is 7.85. The second-order valence-electron chi connectivity index (χ2n) is 4.37. The molecule has 0 aromatic heterocycles. The molecule has 2 aromatic rings. The van der Waals surface area contributed by atoms with E-state index in [1.54, 1.807) is 31.4 Å². The lowest BCUT2D eigenvalue weighted by Gasteiger charge is -2.04. The van der Waals surface area contributed by atoms with Crippen molar-refractivity contribution in [1.29, 1.82) is 0 Å². The highest BCUT2D eigenvalue weighted by atomic mass is 32.2. The Morgan fingerprint density at radius 1 is 1.10 bits per heavy atom. The Kier molecular flexibility index (Phi) is 5.07. The topological polar surface area (TPSA) is 43.4 Å². The molecule has 0 fully saturated rings. The van der Waals surface area contributed by atoms with Crippen molar-refractivity contribution in [3.63, 3.8) is 0 Å². The lowest BCUT2D eigenvalue weighted by atomic mass is 10.1. The van der Waals surface area contributed by atoms with Crippen LogP contribution in [0.1, 0.15) is 15.9 Å². The number of benzene rings is 2. The Labute approximate surface area is 121 Å². The van der Waals surface area contributed by atoms with Gasteiger partial charge in [-0.15, -0.1) is 0 Å². The lowest BCUT2D eigenvalue weighted by molar-refractivity contribution is 0.102. The Bertz CT molecular complexity index is 608. The van der Waals surface area contributed by atoms with E-state index in [0.29, 0.717) is 17.1 Å². The van der Waals surface area contributed by atoms with E-state index in [2.05, 4.69) is 0 Å². The number of ketones is 1. The molecule has 3 nitrogen and oxygen atoms in total. The van der Waals surface area contributed by atoms with Crippen LogP contribution in [0.2, 0.25) is 0 Å². The quantitative estimate of drug-likeness (QED) is 0.768. The molecule has 2 rings (SSSR count). The molecular formula is C16H16O3S. The summed E-state index contributed by atoms with van der Waals surface area (Å²) in [5.41, 5.74) is 1.51. The number of Topliss-reactive ketones (excluding diaryl/α,β-unsaturated/α-hetero) is 1. The van der Waals surface area contributed by atoms with Gasteiger partial charge in [-0.05, 0) is 17.7 Å². The minimum Gasteiger partial charge on any atom is -0.497 e. The van der Waals surface area contributed by atoms with Crippen molar-refractivity contribution >= 4 is 16.6 Å². The second kappa shape index (κ2) is 7.01. The van der Waals surface area contributed by atoms with Crippen LogP contribution < -0.4 is 4.74 Å². The van der Waals surface area contributed by atoms with Crippen LogP contribution in [-0.2, 0) is 16.6 Å². The van der Waals surface area contributed by atoms with Gasteiger partial charge in [0.2, 0.25) is 0 Å². The maximum Gasteiger partial charge on any atom is 0.175 e. The molecule has 0 spiro atoms. The molecule has 0 heterocycles. The van der Waals surface area contributed by atoms with Gasteiger partial charge in [0.05, 0.1) is 12.9 Å². The molecule has 0 radical (unpaired) electrons. The average molecular weight is 288 g/mol. The molecule has 0 amide bonds. The van der Waals surface area contributed by atoms with Gasteiger partial charge in [0.25, 0.3) is 0 Å². The van der Waals surface area contributed by atoms with Gasteiger partial charge in [-0.3, -0.25) is 9.00 Å². The van der Waals surface area contributed by atoms with E-state index >= 15 is 0 Å². The molecule has 20 heavy (non-hydrogen) atoms. The number of hydrogen-bond donors (Lipinski definition) is 0. The molecule has 1 unspecified atom stereocenters. The summed E-state index contributed by atoms with van der Waals surface area (Å²) in [5, 5.41) is 0. The fourth-order valence-electron chi connectivity index (χ4n) is 1.84. The van der Waals surface area contributed by atoms with Crippen molar-refractivity contribution in [1.82, 2.24) is 0 Å². The first kappa shape index (κ1) is 14.5. The first-order valence-electron chi connectivity index (χ1n) is 6.25. The molecule has 0 aliphatic rings. The van der Waals surface area contributed by atoms with E-state index < -0.39 is 10.8 Å². The molecule has 0 saturated carbocycles. The van der Waals surface area contributed by atoms with E-state index in [-0.39, 0.29) is 11.5 Å². The monoisotopic (exact) mass is 288 g/mol. The fraction of sp³-hybridized carbons (Fsp3) is 0.188. The highest BCUT2D eigenvalue weighted by Gasteiger charge is 2.11. The number of hydrogen-bond acceptors (Lipinski definition) is 3. The zero-order chi connectivity index (χ0) is 14.4. The van der Waals surface area contributed by atoms with E-state index in [9.17, 15) is 9.00 Å². The van der Waals surface area contributed by atoms with Crippen LogP contribution >= 0.6 is 0 Å². The van der Waals surface area contributed by atoms with Gasteiger partial charge >= 0.3 is 0 Å². The number of ether oxygens (including phenoxy) is 1. The van der Waals surface area contributed by atoms with Crippen molar-refractivity contribution < 1.29 is 13.7 Å². The Balaban J connectivity index is 1.98. The van der Waals surface area contributed by atoms with Gasteiger partial charge in [0, 0.05) is 22.1 Å². The van der Waals surface area contributed by atoms with Crippen molar-refractivity contribution in [2.24, 2.45) is 0 Å². The van der Waals surface area contributed by atoms with Gasteiger partial charge in [0.1, 0.15) is 5.75 Å². The summed E-state index contributed by atoms with van der Waals surface area (Å²) >= 11 is 0. The van der Waals surface area contributed by atoms with Gasteiger partial charge in [-0.2, -0.15) is 0 Å². The molecule has 4 heteroatoms. The standard InChI is InChI=1S/C16H16O3S/c1-19-15-9-5-8-14(10-15)16(17)12-20(18)11-13-6-3-2-4-7-13/h2-10H,11-12H2,1H3. The lowest BCUT2D eigenvalue weighted by Crippen LogP contribution is -2.12. The third-order valence-electron chi connectivity index (χ3n) is 2.85. The van der Waals surface area contributed by atoms with E-state index in [1.807, 2.05) is 30.3 Å². The van der Waals surface area contributed by atoms with E-state index in [1.165, 1.54) is 0 Å². The number of carbonyl (C=O) groups excluding carboxylic acids is 1. The van der Waals surface area contributed by atoms with Crippen LogP contribution in [0.25, 0.3) is 0 Å². The number of methoxy groups -OCH3 is 1. The first-order valence-corrected chi connectivity index (χ1v) is 7.74. The summed E-state index contributed by atoms with van der Waals surface area (Å²) in [5.74, 6) is 0.932. The van der Waals surface area contributed by atoms with E-state index in [4.69, 9.17) is 4.74 Å². The fourth-order valence-corrected chi connectivity index (χ4v) is 2.96.